The number of aliphatic hydroxyl groups is 1. The lowest BCUT2D eigenvalue weighted by Gasteiger charge is -2.13. The van der Waals surface area contributed by atoms with Crippen LogP contribution in [-0.4, -0.2) is 23.5 Å². The summed E-state index contributed by atoms with van der Waals surface area (Å²) in [5.74, 6) is 0.542. The molecule has 0 aliphatic heterocycles. The van der Waals surface area contributed by atoms with E-state index in [9.17, 15) is 13.5 Å². The lowest BCUT2D eigenvalue weighted by Crippen LogP contribution is -2.27. The Morgan fingerprint density at radius 1 is 1.35 bits per heavy atom. The van der Waals surface area contributed by atoms with E-state index in [1.165, 1.54) is 12.1 Å². The van der Waals surface area contributed by atoms with Gasteiger partial charge in [0.1, 0.15) is 5.82 Å². The zero-order valence-electron chi connectivity index (χ0n) is 11.2. The molecule has 2 aromatic rings. The smallest absolute Gasteiger partial charge is 0.241 e. The molecule has 7 heteroatoms. The molecule has 3 N–H and O–H groups in total. The van der Waals surface area contributed by atoms with Gasteiger partial charge >= 0.3 is 0 Å². The van der Waals surface area contributed by atoms with Crippen molar-refractivity contribution in [1.29, 1.82) is 0 Å². The van der Waals surface area contributed by atoms with E-state index >= 15 is 0 Å². The van der Waals surface area contributed by atoms with Crippen molar-refractivity contribution in [3.63, 3.8) is 0 Å². The van der Waals surface area contributed by atoms with Gasteiger partial charge in [-0.1, -0.05) is 12.1 Å². The molecule has 108 valence electrons. The first-order valence-corrected chi connectivity index (χ1v) is 7.68. The summed E-state index contributed by atoms with van der Waals surface area (Å²) in [5, 5.41) is 9.52. The van der Waals surface area contributed by atoms with Gasteiger partial charge in [0.05, 0.1) is 17.0 Å². The molecule has 1 aromatic heterocycles. The van der Waals surface area contributed by atoms with Crippen molar-refractivity contribution in [2.45, 2.75) is 30.9 Å². The molecular weight excluding hydrogens is 278 g/mol. The summed E-state index contributed by atoms with van der Waals surface area (Å²) < 4.78 is 27.1. The highest BCUT2D eigenvalue weighted by molar-refractivity contribution is 7.89. The number of imidazole rings is 1. The van der Waals surface area contributed by atoms with Gasteiger partial charge in [0, 0.05) is 12.4 Å². The average Bonchev–Trinajstić information content (AvgIpc) is 2.92. The third kappa shape index (κ3) is 3.24. The Morgan fingerprint density at radius 3 is 2.70 bits per heavy atom. The molecule has 2 rings (SSSR count). The number of hydrogen-bond donors (Lipinski definition) is 3. The van der Waals surface area contributed by atoms with E-state index in [1.54, 1.807) is 38.4 Å². The van der Waals surface area contributed by atoms with Gasteiger partial charge in [-0.05, 0) is 31.5 Å². The molecule has 0 radical (unpaired) electrons. The van der Waals surface area contributed by atoms with E-state index in [4.69, 9.17) is 0 Å². The van der Waals surface area contributed by atoms with Crippen LogP contribution in [0.25, 0.3) is 0 Å². The molecule has 1 aromatic carbocycles. The molecule has 0 saturated carbocycles. The zero-order chi connectivity index (χ0) is 14.8. The SMILES string of the molecule is CC(O)c1cccc(S(=O)(=O)NC(C)c2ncc[nH]2)c1. The number of nitrogens with one attached hydrogen (secondary N) is 2. The summed E-state index contributed by atoms with van der Waals surface area (Å²) in [7, 11) is -3.66. The topological polar surface area (TPSA) is 95.1 Å². The normalized spacial score (nSPS) is 14.9. The number of aliphatic hydroxyl groups excluding tert-OH is 1. The first-order chi connectivity index (χ1) is 9.40. The summed E-state index contributed by atoms with van der Waals surface area (Å²) in [5.41, 5.74) is 0.554. The number of sulfonamides is 1. The molecule has 0 bridgehead atoms. The van der Waals surface area contributed by atoms with E-state index in [0.29, 0.717) is 11.4 Å². The van der Waals surface area contributed by atoms with E-state index in [1.807, 2.05) is 0 Å². The summed E-state index contributed by atoms with van der Waals surface area (Å²) in [6.45, 7) is 3.29. The highest BCUT2D eigenvalue weighted by Gasteiger charge is 2.20. The van der Waals surface area contributed by atoms with Gasteiger partial charge in [-0.3, -0.25) is 0 Å². The summed E-state index contributed by atoms with van der Waals surface area (Å²) in [6, 6.07) is 5.77. The van der Waals surface area contributed by atoms with Crippen molar-refractivity contribution < 1.29 is 13.5 Å². The van der Waals surface area contributed by atoms with Crippen LogP contribution in [0.1, 0.15) is 37.4 Å². The first kappa shape index (κ1) is 14.7. The molecular formula is C13H17N3O3S. The molecule has 2 atom stereocenters. The van der Waals surface area contributed by atoms with Gasteiger partial charge in [-0.25, -0.2) is 18.1 Å². The van der Waals surface area contributed by atoms with E-state index in [0.717, 1.165) is 0 Å². The standard InChI is InChI=1S/C13H17N3O3S/c1-9(13-14-6-7-15-13)16-20(18,19)12-5-3-4-11(8-12)10(2)17/h3-10,16-17H,1-2H3,(H,14,15). The fourth-order valence-corrected chi connectivity index (χ4v) is 3.07. The number of nitrogens with zero attached hydrogens (tertiary/aromatic N) is 1. The maximum Gasteiger partial charge on any atom is 0.241 e. The third-order valence-corrected chi connectivity index (χ3v) is 4.45. The molecule has 0 saturated heterocycles. The number of rotatable bonds is 5. The van der Waals surface area contributed by atoms with Crippen LogP contribution in [0.2, 0.25) is 0 Å². The Labute approximate surface area is 117 Å². The summed E-state index contributed by atoms with van der Waals surface area (Å²) >= 11 is 0. The van der Waals surface area contributed by atoms with Crippen molar-refractivity contribution >= 4 is 10.0 Å². The second kappa shape index (κ2) is 5.74. The van der Waals surface area contributed by atoms with Crippen LogP contribution in [-0.2, 0) is 10.0 Å². The van der Waals surface area contributed by atoms with Crippen LogP contribution in [0.4, 0.5) is 0 Å². The van der Waals surface area contributed by atoms with Crippen LogP contribution in [0.15, 0.2) is 41.6 Å². The number of H-pyrrole nitrogens is 1. The van der Waals surface area contributed by atoms with E-state index in [-0.39, 0.29) is 4.90 Å². The van der Waals surface area contributed by atoms with Gasteiger partial charge in [0.2, 0.25) is 10.0 Å². The highest BCUT2D eigenvalue weighted by atomic mass is 32.2. The molecule has 20 heavy (non-hydrogen) atoms. The molecule has 1 heterocycles. The van der Waals surface area contributed by atoms with Crippen LogP contribution < -0.4 is 4.72 Å². The fourth-order valence-electron chi connectivity index (χ4n) is 1.81. The monoisotopic (exact) mass is 295 g/mol. The Kier molecular flexibility index (Phi) is 4.22. The molecule has 0 amide bonds. The second-order valence-electron chi connectivity index (χ2n) is 4.57. The lowest BCUT2D eigenvalue weighted by molar-refractivity contribution is 0.199. The van der Waals surface area contributed by atoms with Gasteiger partial charge in [0.25, 0.3) is 0 Å². The molecule has 0 aliphatic carbocycles. The Bertz CT molecular complexity index is 666. The molecule has 0 spiro atoms. The molecule has 0 fully saturated rings. The predicted octanol–water partition coefficient (Wildman–Crippen LogP) is 1.50. The highest BCUT2D eigenvalue weighted by Crippen LogP contribution is 2.19. The minimum atomic E-state index is -3.66. The van der Waals surface area contributed by atoms with Crippen molar-refractivity contribution in [3.05, 3.63) is 48.0 Å². The Hall–Kier alpha value is -1.70. The number of hydrogen-bond acceptors (Lipinski definition) is 4. The van der Waals surface area contributed by atoms with Crippen LogP contribution in [0, 0.1) is 0 Å². The Morgan fingerprint density at radius 2 is 2.10 bits per heavy atom. The lowest BCUT2D eigenvalue weighted by atomic mass is 10.1. The van der Waals surface area contributed by atoms with Crippen molar-refractivity contribution in [1.82, 2.24) is 14.7 Å². The fraction of sp³-hybridized carbons (Fsp3) is 0.308. The summed E-state index contributed by atoms with van der Waals surface area (Å²) in [4.78, 5) is 7.00. The zero-order valence-corrected chi connectivity index (χ0v) is 12.1. The maximum absolute atomic E-state index is 12.3. The predicted molar refractivity (Wildman–Crippen MR) is 74.4 cm³/mol. The number of aromatic amines is 1. The minimum absolute atomic E-state index is 0.120. The van der Waals surface area contributed by atoms with Crippen LogP contribution in [0.5, 0.6) is 0 Å². The van der Waals surface area contributed by atoms with Gasteiger partial charge in [-0.2, -0.15) is 0 Å². The second-order valence-corrected chi connectivity index (χ2v) is 6.28. The number of aromatic nitrogens is 2. The van der Waals surface area contributed by atoms with E-state index < -0.39 is 22.2 Å². The third-order valence-electron chi connectivity index (χ3n) is 2.91. The van der Waals surface area contributed by atoms with Crippen molar-refractivity contribution in [3.8, 4) is 0 Å². The molecule has 0 aliphatic rings. The van der Waals surface area contributed by atoms with Crippen molar-refractivity contribution in [2.75, 3.05) is 0 Å². The number of benzene rings is 1. The van der Waals surface area contributed by atoms with Gasteiger partial charge in [0.15, 0.2) is 0 Å². The van der Waals surface area contributed by atoms with E-state index in [2.05, 4.69) is 14.7 Å². The summed E-state index contributed by atoms with van der Waals surface area (Å²) in [6.07, 6.45) is 2.48. The average molecular weight is 295 g/mol. The van der Waals surface area contributed by atoms with Crippen molar-refractivity contribution in [2.24, 2.45) is 0 Å². The van der Waals surface area contributed by atoms with Crippen LogP contribution >= 0.6 is 0 Å². The van der Waals surface area contributed by atoms with Gasteiger partial charge < -0.3 is 10.1 Å². The first-order valence-electron chi connectivity index (χ1n) is 6.20. The largest absolute Gasteiger partial charge is 0.389 e. The van der Waals surface area contributed by atoms with Gasteiger partial charge in [-0.15, -0.1) is 0 Å². The van der Waals surface area contributed by atoms with Crippen LogP contribution in [0.3, 0.4) is 0 Å². The molecule has 6 nitrogen and oxygen atoms in total. The Balaban J connectivity index is 2.24. The molecule has 2 unspecified atom stereocenters. The maximum atomic E-state index is 12.3. The quantitative estimate of drug-likeness (QED) is 0.779. The minimum Gasteiger partial charge on any atom is -0.389 e.